The van der Waals surface area contributed by atoms with Crippen molar-refractivity contribution in [3.05, 3.63) is 22.7 Å². The maximum Gasteiger partial charge on any atom is 0.115 e. The Morgan fingerprint density at radius 2 is 2.21 bits per heavy atom. The van der Waals surface area contributed by atoms with E-state index >= 15 is 0 Å². The second-order valence-corrected chi connectivity index (χ2v) is 4.20. The summed E-state index contributed by atoms with van der Waals surface area (Å²) >= 11 is 3.46. The third-order valence-electron chi connectivity index (χ3n) is 2.33. The van der Waals surface area contributed by atoms with E-state index in [-0.39, 0.29) is 0 Å². The number of nitrogens with zero attached hydrogens (tertiary/aromatic N) is 3. The van der Waals surface area contributed by atoms with Crippen LogP contribution in [0.4, 0.5) is 0 Å². The van der Waals surface area contributed by atoms with E-state index in [2.05, 4.69) is 36.1 Å². The van der Waals surface area contributed by atoms with Gasteiger partial charge in [0.05, 0.1) is 10.2 Å². The van der Waals surface area contributed by atoms with E-state index in [4.69, 9.17) is 0 Å². The molecule has 1 aromatic rings. The van der Waals surface area contributed by atoms with Crippen LogP contribution in [0.3, 0.4) is 0 Å². The average molecular weight is 257 g/mol. The van der Waals surface area contributed by atoms with Crippen LogP contribution in [0.1, 0.15) is 5.69 Å². The molecule has 2 heterocycles. The summed E-state index contributed by atoms with van der Waals surface area (Å²) < 4.78 is 0.999. The molecule has 0 radical (unpaired) electrons. The summed E-state index contributed by atoms with van der Waals surface area (Å²) in [6, 6.07) is 0. The molecule has 0 bridgehead atoms. The molecule has 2 rings (SSSR count). The normalized spacial score (nSPS) is 18.4. The van der Waals surface area contributed by atoms with Crippen molar-refractivity contribution in [3.63, 3.8) is 0 Å². The minimum Gasteiger partial charge on any atom is -0.314 e. The van der Waals surface area contributed by atoms with Gasteiger partial charge >= 0.3 is 0 Å². The molecule has 0 saturated carbocycles. The first-order valence-corrected chi connectivity index (χ1v) is 5.53. The molecule has 76 valence electrons. The van der Waals surface area contributed by atoms with Gasteiger partial charge in [-0.1, -0.05) is 0 Å². The fourth-order valence-corrected chi connectivity index (χ4v) is 1.88. The molecule has 1 aliphatic rings. The molecule has 0 unspecified atom stereocenters. The maximum absolute atomic E-state index is 4.25. The number of nitrogens with one attached hydrogen (secondary N) is 1. The minimum absolute atomic E-state index is 0.908. The Morgan fingerprint density at radius 1 is 1.43 bits per heavy atom. The fraction of sp³-hybridized carbons (Fsp3) is 0.556. The van der Waals surface area contributed by atoms with E-state index in [1.807, 2.05) is 0 Å². The van der Waals surface area contributed by atoms with Crippen molar-refractivity contribution in [1.82, 2.24) is 20.2 Å². The molecule has 0 aromatic carbocycles. The highest BCUT2D eigenvalue weighted by Gasteiger charge is 2.11. The van der Waals surface area contributed by atoms with Crippen molar-refractivity contribution < 1.29 is 0 Å². The molecule has 1 N–H and O–H groups in total. The number of hydrogen-bond donors (Lipinski definition) is 1. The van der Waals surface area contributed by atoms with Gasteiger partial charge in [-0.15, -0.1) is 0 Å². The van der Waals surface area contributed by atoms with Gasteiger partial charge in [0.2, 0.25) is 0 Å². The maximum atomic E-state index is 4.25. The molecule has 1 saturated heterocycles. The lowest BCUT2D eigenvalue weighted by Crippen LogP contribution is -2.43. The summed E-state index contributed by atoms with van der Waals surface area (Å²) in [7, 11) is 0. The van der Waals surface area contributed by atoms with Crippen molar-refractivity contribution in [2.24, 2.45) is 0 Å². The number of piperazine rings is 1. The highest BCUT2D eigenvalue weighted by atomic mass is 79.9. The quantitative estimate of drug-likeness (QED) is 0.844. The van der Waals surface area contributed by atoms with E-state index < -0.39 is 0 Å². The van der Waals surface area contributed by atoms with Gasteiger partial charge in [0.15, 0.2) is 0 Å². The van der Waals surface area contributed by atoms with Crippen LogP contribution < -0.4 is 5.32 Å². The Balaban J connectivity index is 1.99. The zero-order valence-corrected chi connectivity index (χ0v) is 9.50. The molecule has 5 heteroatoms. The largest absolute Gasteiger partial charge is 0.314 e. The predicted octanol–water partition coefficient (Wildman–Crippen LogP) is 0.644. The molecule has 0 aliphatic carbocycles. The van der Waals surface area contributed by atoms with Gasteiger partial charge in [-0.3, -0.25) is 4.90 Å². The van der Waals surface area contributed by atoms with Crippen LogP contribution in [0.2, 0.25) is 0 Å². The van der Waals surface area contributed by atoms with E-state index in [9.17, 15) is 0 Å². The van der Waals surface area contributed by atoms with Crippen LogP contribution in [-0.4, -0.2) is 41.0 Å². The summed E-state index contributed by atoms with van der Waals surface area (Å²) in [5.41, 5.74) is 1.07. The Hall–Kier alpha value is -0.520. The van der Waals surface area contributed by atoms with Gasteiger partial charge in [-0.25, -0.2) is 9.97 Å². The van der Waals surface area contributed by atoms with Gasteiger partial charge < -0.3 is 5.32 Å². The Morgan fingerprint density at radius 3 is 2.93 bits per heavy atom. The first-order valence-electron chi connectivity index (χ1n) is 4.74. The van der Waals surface area contributed by atoms with Crippen molar-refractivity contribution in [2.75, 3.05) is 26.2 Å². The zero-order chi connectivity index (χ0) is 9.80. The number of rotatable bonds is 2. The van der Waals surface area contributed by atoms with Gasteiger partial charge in [-0.05, 0) is 15.9 Å². The predicted molar refractivity (Wildman–Crippen MR) is 57.9 cm³/mol. The molecular formula is C9H13BrN4. The topological polar surface area (TPSA) is 41.1 Å². The van der Waals surface area contributed by atoms with Crippen molar-refractivity contribution in [1.29, 1.82) is 0 Å². The van der Waals surface area contributed by atoms with E-state index in [1.165, 1.54) is 0 Å². The van der Waals surface area contributed by atoms with Crippen LogP contribution in [0, 0.1) is 0 Å². The monoisotopic (exact) mass is 256 g/mol. The lowest BCUT2D eigenvalue weighted by molar-refractivity contribution is 0.230. The smallest absolute Gasteiger partial charge is 0.115 e. The number of hydrogen-bond acceptors (Lipinski definition) is 4. The molecule has 0 amide bonds. The lowest BCUT2D eigenvalue weighted by atomic mass is 10.3. The molecule has 0 spiro atoms. The van der Waals surface area contributed by atoms with E-state index in [0.29, 0.717) is 0 Å². The van der Waals surface area contributed by atoms with Crippen molar-refractivity contribution in [3.8, 4) is 0 Å². The van der Waals surface area contributed by atoms with Crippen LogP contribution in [-0.2, 0) is 6.54 Å². The summed E-state index contributed by atoms with van der Waals surface area (Å²) in [5.74, 6) is 0. The van der Waals surface area contributed by atoms with E-state index in [0.717, 1.165) is 42.9 Å². The van der Waals surface area contributed by atoms with Crippen LogP contribution in [0.25, 0.3) is 0 Å². The fourth-order valence-electron chi connectivity index (χ4n) is 1.54. The summed E-state index contributed by atoms with van der Waals surface area (Å²) in [6.45, 7) is 5.24. The zero-order valence-electron chi connectivity index (χ0n) is 7.91. The van der Waals surface area contributed by atoms with Crippen molar-refractivity contribution in [2.45, 2.75) is 6.54 Å². The molecule has 1 aliphatic heterocycles. The summed E-state index contributed by atoms with van der Waals surface area (Å²) in [6.07, 6.45) is 3.40. The molecule has 1 aromatic heterocycles. The minimum atomic E-state index is 0.908. The van der Waals surface area contributed by atoms with Crippen LogP contribution in [0.15, 0.2) is 17.0 Å². The molecule has 4 nitrogen and oxygen atoms in total. The van der Waals surface area contributed by atoms with E-state index in [1.54, 1.807) is 12.5 Å². The molecule has 0 atom stereocenters. The molecular weight excluding hydrogens is 244 g/mol. The first kappa shape index (κ1) is 10.0. The summed E-state index contributed by atoms with van der Waals surface area (Å²) in [4.78, 5) is 10.6. The third-order valence-corrected chi connectivity index (χ3v) is 2.99. The second kappa shape index (κ2) is 4.82. The Kier molecular flexibility index (Phi) is 3.44. The second-order valence-electron chi connectivity index (χ2n) is 3.34. The van der Waals surface area contributed by atoms with Crippen LogP contribution >= 0.6 is 15.9 Å². The Labute approximate surface area is 91.9 Å². The molecule has 1 fully saturated rings. The number of aromatic nitrogens is 2. The van der Waals surface area contributed by atoms with Crippen LogP contribution in [0.5, 0.6) is 0 Å². The standard InChI is InChI=1S/C9H13BrN4/c10-8-5-12-7-13-9(8)6-14-3-1-11-2-4-14/h5,7,11H,1-4,6H2. The Bertz CT molecular complexity index is 299. The van der Waals surface area contributed by atoms with Gasteiger partial charge in [0, 0.05) is 38.9 Å². The SMILES string of the molecule is Brc1cncnc1CN1CCNCC1. The number of halogens is 1. The van der Waals surface area contributed by atoms with Gasteiger partial charge in [0.1, 0.15) is 6.33 Å². The van der Waals surface area contributed by atoms with Crippen molar-refractivity contribution >= 4 is 15.9 Å². The van der Waals surface area contributed by atoms with Gasteiger partial charge in [0.25, 0.3) is 0 Å². The summed E-state index contributed by atoms with van der Waals surface area (Å²) in [5, 5.41) is 3.33. The third kappa shape index (κ3) is 2.50. The highest BCUT2D eigenvalue weighted by Crippen LogP contribution is 2.14. The highest BCUT2D eigenvalue weighted by molar-refractivity contribution is 9.10. The first-order chi connectivity index (χ1) is 6.86. The van der Waals surface area contributed by atoms with Gasteiger partial charge in [-0.2, -0.15) is 0 Å². The average Bonchev–Trinajstić information content (AvgIpc) is 2.23. The molecule has 14 heavy (non-hydrogen) atoms. The lowest BCUT2D eigenvalue weighted by Gasteiger charge is -2.26.